The average molecular weight is 276 g/mol. The third-order valence-corrected chi connectivity index (χ3v) is 4.30. The topological polar surface area (TPSA) is 55.6 Å². The first kappa shape index (κ1) is 14.9. The molecule has 2 rings (SSSR count). The number of hydrogen-bond acceptors (Lipinski definition) is 3. The molecule has 4 unspecified atom stereocenters. The maximum absolute atomic E-state index is 12.6. The van der Waals surface area contributed by atoms with Crippen LogP contribution in [0.15, 0.2) is 24.3 Å². The van der Waals surface area contributed by atoms with E-state index in [0.717, 1.165) is 11.3 Å². The number of nitrogens with two attached hydrogens (primary N) is 1. The van der Waals surface area contributed by atoms with E-state index in [4.69, 9.17) is 10.5 Å². The summed E-state index contributed by atoms with van der Waals surface area (Å²) in [6.07, 6.45) is 0.130. The molecule has 1 fully saturated rings. The fraction of sp³-hybridized carbons (Fsp3) is 0.562. The summed E-state index contributed by atoms with van der Waals surface area (Å²) in [7, 11) is 1.85. The van der Waals surface area contributed by atoms with Crippen molar-refractivity contribution >= 4 is 11.6 Å². The minimum absolute atomic E-state index is 0.0126. The van der Waals surface area contributed by atoms with Gasteiger partial charge in [-0.2, -0.15) is 0 Å². The van der Waals surface area contributed by atoms with Crippen molar-refractivity contribution in [2.24, 2.45) is 11.8 Å². The highest BCUT2D eigenvalue weighted by Gasteiger charge is 2.42. The van der Waals surface area contributed by atoms with Gasteiger partial charge in [0.1, 0.15) is 0 Å². The molecule has 1 aromatic rings. The summed E-state index contributed by atoms with van der Waals surface area (Å²) in [4.78, 5) is 14.4. The Morgan fingerprint density at radius 2 is 1.80 bits per heavy atom. The molecule has 2 N–H and O–H groups in total. The summed E-state index contributed by atoms with van der Waals surface area (Å²) in [6.45, 7) is 6.71. The lowest BCUT2D eigenvalue weighted by Crippen LogP contribution is -2.38. The molecular weight excluding hydrogens is 252 g/mol. The van der Waals surface area contributed by atoms with Gasteiger partial charge in [0.05, 0.1) is 18.1 Å². The SMILES string of the molecule is CC1OC(C)C(C(=O)N(C)Cc2ccc(N)cc2)C1C. The molecule has 0 aromatic heterocycles. The highest BCUT2D eigenvalue weighted by atomic mass is 16.5. The van der Waals surface area contributed by atoms with Crippen LogP contribution in [0.5, 0.6) is 0 Å². The molecule has 4 heteroatoms. The van der Waals surface area contributed by atoms with Gasteiger partial charge in [-0.1, -0.05) is 19.1 Å². The van der Waals surface area contributed by atoms with Gasteiger partial charge < -0.3 is 15.4 Å². The maximum Gasteiger partial charge on any atom is 0.228 e. The zero-order chi connectivity index (χ0) is 14.9. The van der Waals surface area contributed by atoms with Gasteiger partial charge in [-0.15, -0.1) is 0 Å². The molecule has 0 radical (unpaired) electrons. The highest BCUT2D eigenvalue weighted by Crippen LogP contribution is 2.33. The molecule has 1 aromatic carbocycles. The van der Waals surface area contributed by atoms with Gasteiger partial charge in [-0.25, -0.2) is 0 Å². The second-order valence-corrected chi connectivity index (χ2v) is 5.87. The Labute approximate surface area is 120 Å². The first-order chi connectivity index (χ1) is 9.40. The Hall–Kier alpha value is -1.55. The van der Waals surface area contributed by atoms with Gasteiger partial charge in [0.2, 0.25) is 5.91 Å². The lowest BCUT2D eigenvalue weighted by molar-refractivity contribution is -0.137. The van der Waals surface area contributed by atoms with Crippen LogP contribution in [-0.2, 0) is 16.1 Å². The lowest BCUT2D eigenvalue weighted by atomic mass is 9.88. The Morgan fingerprint density at radius 3 is 2.30 bits per heavy atom. The summed E-state index contributed by atoms with van der Waals surface area (Å²) in [5, 5.41) is 0. The number of benzene rings is 1. The smallest absolute Gasteiger partial charge is 0.228 e. The number of nitrogen functional groups attached to an aromatic ring is 1. The first-order valence-electron chi connectivity index (χ1n) is 7.15. The monoisotopic (exact) mass is 276 g/mol. The standard InChI is InChI=1S/C16H24N2O2/c1-10-11(2)20-12(3)15(10)16(19)18(4)9-13-5-7-14(17)8-6-13/h5-8,10-12,15H,9,17H2,1-4H3. The summed E-state index contributed by atoms with van der Waals surface area (Å²) >= 11 is 0. The number of nitrogens with zero attached hydrogens (tertiary/aromatic N) is 1. The molecule has 0 spiro atoms. The largest absolute Gasteiger partial charge is 0.399 e. The molecule has 4 nitrogen and oxygen atoms in total. The Kier molecular flexibility index (Phi) is 4.33. The van der Waals surface area contributed by atoms with Crippen LogP contribution in [0.4, 0.5) is 5.69 Å². The van der Waals surface area contributed by atoms with Crippen molar-refractivity contribution in [3.63, 3.8) is 0 Å². The predicted octanol–water partition coefficient (Wildman–Crippen LogP) is 2.29. The minimum Gasteiger partial charge on any atom is -0.399 e. The number of carbonyl (C=O) groups excluding carboxylic acids is 1. The second-order valence-electron chi connectivity index (χ2n) is 5.87. The Bertz CT molecular complexity index is 472. The van der Waals surface area contributed by atoms with E-state index in [-0.39, 0.29) is 30.0 Å². The molecular formula is C16H24N2O2. The molecule has 1 heterocycles. The summed E-state index contributed by atoms with van der Waals surface area (Å²) in [5.74, 6) is 0.362. The lowest BCUT2D eigenvalue weighted by Gasteiger charge is -2.25. The van der Waals surface area contributed by atoms with E-state index in [9.17, 15) is 4.79 Å². The minimum atomic E-state index is -0.0521. The van der Waals surface area contributed by atoms with Crippen LogP contribution < -0.4 is 5.73 Å². The van der Waals surface area contributed by atoms with Crippen LogP contribution in [0, 0.1) is 11.8 Å². The van der Waals surface area contributed by atoms with Crippen LogP contribution in [0.25, 0.3) is 0 Å². The van der Waals surface area contributed by atoms with Crippen molar-refractivity contribution in [3.05, 3.63) is 29.8 Å². The van der Waals surface area contributed by atoms with Crippen molar-refractivity contribution in [1.82, 2.24) is 4.90 Å². The van der Waals surface area contributed by atoms with Gasteiger partial charge in [0.25, 0.3) is 0 Å². The van der Waals surface area contributed by atoms with Crippen LogP contribution >= 0.6 is 0 Å². The molecule has 20 heavy (non-hydrogen) atoms. The molecule has 0 bridgehead atoms. The second kappa shape index (κ2) is 5.83. The number of ether oxygens (including phenoxy) is 1. The molecule has 0 aliphatic carbocycles. The molecule has 0 saturated carbocycles. The third-order valence-electron chi connectivity index (χ3n) is 4.30. The molecule has 1 amide bonds. The third kappa shape index (κ3) is 2.96. The molecule has 1 aliphatic rings. The Balaban J connectivity index is 2.03. The van der Waals surface area contributed by atoms with Gasteiger partial charge in [-0.3, -0.25) is 4.79 Å². The molecule has 1 saturated heterocycles. The van der Waals surface area contributed by atoms with Gasteiger partial charge in [0, 0.05) is 19.3 Å². The maximum atomic E-state index is 12.6. The first-order valence-corrected chi connectivity index (χ1v) is 7.15. The van der Waals surface area contributed by atoms with E-state index in [1.54, 1.807) is 4.90 Å². The van der Waals surface area contributed by atoms with Gasteiger partial charge in [0.15, 0.2) is 0 Å². The zero-order valence-corrected chi connectivity index (χ0v) is 12.7. The number of hydrogen-bond donors (Lipinski definition) is 1. The van der Waals surface area contributed by atoms with Crippen LogP contribution in [0.2, 0.25) is 0 Å². The van der Waals surface area contributed by atoms with E-state index in [1.165, 1.54) is 0 Å². The van der Waals surface area contributed by atoms with Crippen molar-refractivity contribution in [2.45, 2.75) is 39.5 Å². The normalized spacial score (nSPS) is 29.4. The van der Waals surface area contributed by atoms with Crippen molar-refractivity contribution in [3.8, 4) is 0 Å². The number of anilines is 1. The van der Waals surface area contributed by atoms with E-state index >= 15 is 0 Å². The van der Waals surface area contributed by atoms with Crippen LogP contribution in [-0.4, -0.2) is 30.1 Å². The molecule has 1 aliphatic heterocycles. The van der Waals surface area contributed by atoms with E-state index in [1.807, 2.05) is 45.2 Å². The molecule has 4 atom stereocenters. The quantitative estimate of drug-likeness (QED) is 0.862. The van der Waals surface area contributed by atoms with Crippen LogP contribution in [0.3, 0.4) is 0 Å². The van der Waals surface area contributed by atoms with Gasteiger partial charge >= 0.3 is 0 Å². The highest BCUT2D eigenvalue weighted by molar-refractivity contribution is 5.79. The van der Waals surface area contributed by atoms with Crippen molar-refractivity contribution < 1.29 is 9.53 Å². The van der Waals surface area contributed by atoms with E-state index in [2.05, 4.69) is 6.92 Å². The Morgan fingerprint density at radius 1 is 1.20 bits per heavy atom. The number of carbonyl (C=O) groups is 1. The molecule has 110 valence electrons. The van der Waals surface area contributed by atoms with Gasteiger partial charge in [-0.05, 0) is 37.5 Å². The number of rotatable bonds is 3. The summed E-state index contributed by atoms with van der Waals surface area (Å²) < 4.78 is 5.76. The van der Waals surface area contributed by atoms with Crippen molar-refractivity contribution in [1.29, 1.82) is 0 Å². The zero-order valence-electron chi connectivity index (χ0n) is 12.7. The van der Waals surface area contributed by atoms with Crippen LogP contribution in [0.1, 0.15) is 26.3 Å². The van der Waals surface area contributed by atoms with E-state index in [0.29, 0.717) is 6.54 Å². The fourth-order valence-electron chi connectivity index (χ4n) is 2.92. The number of amides is 1. The fourth-order valence-corrected chi connectivity index (χ4v) is 2.92. The summed E-state index contributed by atoms with van der Waals surface area (Å²) in [6, 6.07) is 7.64. The average Bonchev–Trinajstić information content (AvgIpc) is 2.65. The predicted molar refractivity (Wildman–Crippen MR) is 80.0 cm³/mol. The van der Waals surface area contributed by atoms with Crippen molar-refractivity contribution in [2.75, 3.05) is 12.8 Å². The van der Waals surface area contributed by atoms with E-state index < -0.39 is 0 Å². The summed E-state index contributed by atoms with van der Waals surface area (Å²) in [5.41, 5.74) is 7.50.